The maximum atomic E-state index is 12.2. The van der Waals surface area contributed by atoms with Crippen LogP contribution in [0.1, 0.15) is 226 Å². The van der Waals surface area contributed by atoms with Gasteiger partial charge in [-0.1, -0.05) is 184 Å². The fraction of sp³-hybridized carbons (Fsp3) is 0.792. The predicted molar refractivity (Wildman–Crippen MR) is 228 cm³/mol. The van der Waals surface area contributed by atoms with Gasteiger partial charge in [0.2, 0.25) is 0 Å². The molecule has 0 aromatic heterocycles. The molecule has 0 amide bonds. The Morgan fingerprint density at radius 3 is 1.19 bits per heavy atom. The van der Waals surface area contributed by atoms with E-state index in [4.69, 9.17) is 9.47 Å². The molecule has 1 unspecified atom stereocenters. The fourth-order valence-electron chi connectivity index (χ4n) is 6.38. The molecule has 0 aromatic carbocycles. The molecule has 0 saturated heterocycles. The summed E-state index contributed by atoms with van der Waals surface area (Å²) in [5.41, 5.74) is 0. The third-order valence-corrected chi connectivity index (χ3v) is 9.85. The van der Waals surface area contributed by atoms with Crippen molar-refractivity contribution < 1.29 is 24.2 Å². The molecule has 0 saturated carbocycles. The molecule has 0 rings (SSSR count). The van der Waals surface area contributed by atoms with E-state index in [-0.39, 0.29) is 25.2 Å². The molecule has 0 aliphatic heterocycles. The van der Waals surface area contributed by atoms with Crippen molar-refractivity contribution in [2.45, 2.75) is 232 Å². The summed E-state index contributed by atoms with van der Waals surface area (Å²) in [5, 5.41) is 9.57. The first-order chi connectivity index (χ1) is 26.1. The van der Waals surface area contributed by atoms with Gasteiger partial charge in [-0.2, -0.15) is 0 Å². The molecule has 308 valence electrons. The third-order valence-electron chi connectivity index (χ3n) is 9.85. The van der Waals surface area contributed by atoms with Crippen LogP contribution in [0, 0.1) is 0 Å². The second-order valence-electron chi connectivity index (χ2n) is 15.1. The summed E-state index contributed by atoms with van der Waals surface area (Å²) in [6, 6.07) is 0. The number of unbranched alkanes of at least 4 members (excludes halogenated alkanes) is 25. The van der Waals surface area contributed by atoms with Crippen LogP contribution >= 0.6 is 0 Å². The summed E-state index contributed by atoms with van der Waals surface area (Å²) in [6.45, 7) is 4.10. The lowest BCUT2D eigenvalue weighted by Gasteiger charge is -2.15. The summed E-state index contributed by atoms with van der Waals surface area (Å²) < 4.78 is 10.6. The van der Waals surface area contributed by atoms with Crippen LogP contribution in [0.4, 0.5) is 0 Å². The van der Waals surface area contributed by atoms with Crippen molar-refractivity contribution in [3.05, 3.63) is 48.6 Å². The average Bonchev–Trinajstić information content (AvgIpc) is 3.16. The molecule has 0 bridgehead atoms. The van der Waals surface area contributed by atoms with Crippen LogP contribution in [-0.2, 0) is 19.1 Å². The molecule has 0 spiro atoms. The van der Waals surface area contributed by atoms with E-state index in [1.54, 1.807) is 0 Å². The molecule has 0 aliphatic rings. The highest BCUT2D eigenvalue weighted by Crippen LogP contribution is 2.14. The number of aliphatic hydroxyl groups is 1. The van der Waals surface area contributed by atoms with Gasteiger partial charge in [0.25, 0.3) is 0 Å². The largest absolute Gasteiger partial charge is 0.462 e. The Hall–Kier alpha value is -2.14. The minimum atomic E-state index is -0.775. The number of allylic oxidation sites excluding steroid dienone is 8. The van der Waals surface area contributed by atoms with Crippen LogP contribution in [0.2, 0.25) is 0 Å². The zero-order valence-electron chi connectivity index (χ0n) is 35.0. The van der Waals surface area contributed by atoms with Crippen molar-refractivity contribution in [2.24, 2.45) is 0 Å². The molecule has 1 atom stereocenters. The quantitative estimate of drug-likeness (QED) is 0.0384. The normalized spacial score (nSPS) is 12.6. The van der Waals surface area contributed by atoms with E-state index >= 15 is 0 Å². The van der Waals surface area contributed by atoms with Gasteiger partial charge < -0.3 is 14.6 Å². The Bertz CT molecular complexity index is 888. The van der Waals surface area contributed by atoms with Gasteiger partial charge in [-0.25, -0.2) is 0 Å². The fourth-order valence-corrected chi connectivity index (χ4v) is 6.38. The number of carbonyl (C=O) groups excluding carboxylic acids is 2. The molecule has 0 radical (unpaired) electrons. The van der Waals surface area contributed by atoms with Crippen molar-refractivity contribution in [1.82, 2.24) is 0 Å². The van der Waals surface area contributed by atoms with Gasteiger partial charge in [-0.3, -0.25) is 9.59 Å². The lowest BCUT2D eigenvalue weighted by molar-refractivity contribution is -0.161. The van der Waals surface area contributed by atoms with Gasteiger partial charge >= 0.3 is 11.9 Å². The predicted octanol–water partition coefficient (Wildman–Crippen LogP) is 14.6. The molecule has 0 aliphatic carbocycles. The first kappa shape index (κ1) is 50.9. The average molecular weight is 743 g/mol. The first-order valence-electron chi connectivity index (χ1n) is 22.7. The molecular formula is C48H86O5. The molecule has 0 heterocycles. The zero-order chi connectivity index (χ0) is 38.6. The monoisotopic (exact) mass is 743 g/mol. The zero-order valence-corrected chi connectivity index (χ0v) is 35.0. The molecule has 5 nitrogen and oxygen atoms in total. The summed E-state index contributed by atoms with van der Waals surface area (Å²) in [4.78, 5) is 24.3. The van der Waals surface area contributed by atoms with Crippen molar-refractivity contribution in [3.8, 4) is 0 Å². The van der Waals surface area contributed by atoms with E-state index in [9.17, 15) is 14.7 Å². The Labute approximate surface area is 328 Å². The van der Waals surface area contributed by atoms with Crippen molar-refractivity contribution in [2.75, 3.05) is 13.2 Å². The number of carbonyl (C=O) groups is 2. The minimum absolute atomic E-state index is 0.0704. The Morgan fingerprint density at radius 1 is 0.434 bits per heavy atom. The summed E-state index contributed by atoms with van der Waals surface area (Å²) in [7, 11) is 0. The third kappa shape index (κ3) is 42.5. The molecular weight excluding hydrogens is 657 g/mol. The molecule has 5 heteroatoms. The van der Waals surface area contributed by atoms with Crippen molar-refractivity contribution in [3.63, 3.8) is 0 Å². The Kier molecular flexibility index (Phi) is 42.5. The SMILES string of the molecule is CCCCC/C=C\CCCCCCCC(=O)OCC(CO)OC(=O)CCCCCCCCCCCCCC/C=C\C/C=C\C/C=C\CCCCCCC. The second-order valence-corrected chi connectivity index (χ2v) is 15.1. The van der Waals surface area contributed by atoms with Crippen LogP contribution in [0.15, 0.2) is 48.6 Å². The van der Waals surface area contributed by atoms with Gasteiger partial charge in [0.15, 0.2) is 6.10 Å². The van der Waals surface area contributed by atoms with Gasteiger partial charge in [0.1, 0.15) is 6.61 Å². The highest BCUT2D eigenvalue weighted by atomic mass is 16.6. The smallest absolute Gasteiger partial charge is 0.306 e. The van der Waals surface area contributed by atoms with Crippen molar-refractivity contribution >= 4 is 11.9 Å². The topological polar surface area (TPSA) is 72.8 Å². The maximum Gasteiger partial charge on any atom is 0.306 e. The number of hydrogen-bond donors (Lipinski definition) is 1. The van der Waals surface area contributed by atoms with Crippen molar-refractivity contribution in [1.29, 1.82) is 0 Å². The number of rotatable bonds is 41. The Balaban J connectivity index is 3.51. The Morgan fingerprint density at radius 2 is 0.755 bits per heavy atom. The van der Waals surface area contributed by atoms with Crippen LogP contribution in [-0.4, -0.2) is 36.4 Å². The van der Waals surface area contributed by atoms with E-state index in [1.165, 1.54) is 141 Å². The van der Waals surface area contributed by atoms with Gasteiger partial charge in [-0.05, 0) is 77.0 Å². The first-order valence-corrected chi connectivity index (χ1v) is 22.7. The molecule has 1 N–H and O–H groups in total. The van der Waals surface area contributed by atoms with Crippen LogP contribution in [0.3, 0.4) is 0 Å². The van der Waals surface area contributed by atoms with E-state index in [1.807, 2.05) is 0 Å². The highest BCUT2D eigenvalue weighted by Gasteiger charge is 2.16. The molecule has 0 fully saturated rings. The number of aliphatic hydroxyl groups excluding tert-OH is 1. The number of hydrogen-bond acceptors (Lipinski definition) is 5. The van der Waals surface area contributed by atoms with E-state index in [2.05, 4.69) is 62.5 Å². The summed E-state index contributed by atoms with van der Waals surface area (Å²) >= 11 is 0. The minimum Gasteiger partial charge on any atom is -0.462 e. The van der Waals surface area contributed by atoms with E-state index in [0.29, 0.717) is 12.8 Å². The maximum absolute atomic E-state index is 12.2. The van der Waals surface area contributed by atoms with Gasteiger partial charge in [-0.15, -0.1) is 0 Å². The number of esters is 2. The van der Waals surface area contributed by atoms with Gasteiger partial charge in [0, 0.05) is 12.8 Å². The lowest BCUT2D eigenvalue weighted by Crippen LogP contribution is -2.28. The summed E-state index contributed by atoms with van der Waals surface area (Å²) in [6.07, 6.45) is 56.2. The van der Waals surface area contributed by atoms with Crippen LogP contribution in [0.5, 0.6) is 0 Å². The van der Waals surface area contributed by atoms with Crippen LogP contribution in [0.25, 0.3) is 0 Å². The van der Waals surface area contributed by atoms with E-state index < -0.39 is 6.10 Å². The summed E-state index contributed by atoms with van der Waals surface area (Å²) in [5.74, 6) is -0.601. The van der Waals surface area contributed by atoms with E-state index in [0.717, 1.165) is 57.8 Å². The standard InChI is InChI=1S/C48H86O5/c1-3-5-7-9-11-13-15-17-18-19-20-21-22-23-24-25-26-27-28-29-30-31-33-35-37-39-41-43-48(51)53-46(44-49)45-52-47(50)42-40-38-36-34-32-16-14-12-10-8-6-4-2/h12,14-15,17,19-20,22-23,46,49H,3-11,13,16,18,21,24-45H2,1-2H3/b14-12-,17-15-,20-19-,23-22-. The number of ether oxygens (including phenoxy) is 2. The van der Waals surface area contributed by atoms with Gasteiger partial charge in [0.05, 0.1) is 6.61 Å². The lowest BCUT2D eigenvalue weighted by atomic mass is 10.0. The highest BCUT2D eigenvalue weighted by molar-refractivity contribution is 5.70. The molecule has 53 heavy (non-hydrogen) atoms. The molecule has 0 aromatic rings. The van der Waals surface area contributed by atoms with Crippen LogP contribution < -0.4 is 0 Å². The second kappa shape index (κ2) is 44.3.